The van der Waals surface area contributed by atoms with Gasteiger partial charge in [-0.2, -0.15) is 0 Å². The predicted molar refractivity (Wildman–Crippen MR) is 149 cm³/mol. The SMILES string of the molecule is COc1nc2ccc(SC)cc2cc1C(c1ccc(Cl)cc1)C1(O)CCNC(Cc2ccc(F)c(F)c2)C1. The monoisotopic (exact) mass is 554 g/mol. The highest BCUT2D eigenvalue weighted by atomic mass is 35.5. The molecule has 3 unspecified atom stereocenters. The number of piperidine rings is 1. The summed E-state index contributed by atoms with van der Waals surface area (Å²) in [5.74, 6) is -1.74. The van der Waals surface area contributed by atoms with Crippen molar-refractivity contribution in [2.24, 2.45) is 0 Å². The molecule has 2 heterocycles. The molecule has 38 heavy (non-hydrogen) atoms. The summed E-state index contributed by atoms with van der Waals surface area (Å²) in [6, 6.07) is 19.5. The van der Waals surface area contributed by atoms with Crippen LogP contribution in [0.2, 0.25) is 5.02 Å². The lowest BCUT2D eigenvalue weighted by Gasteiger charge is -2.43. The number of hydrogen-bond donors (Lipinski definition) is 2. The van der Waals surface area contributed by atoms with E-state index in [4.69, 9.17) is 21.3 Å². The van der Waals surface area contributed by atoms with E-state index in [1.165, 1.54) is 6.07 Å². The van der Waals surface area contributed by atoms with Gasteiger partial charge in [0.05, 0.1) is 18.2 Å². The molecule has 0 bridgehead atoms. The maximum Gasteiger partial charge on any atom is 0.217 e. The van der Waals surface area contributed by atoms with Gasteiger partial charge in [0.2, 0.25) is 5.88 Å². The molecule has 198 valence electrons. The summed E-state index contributed by atoms with van der Waals surface area (Å²) in [5, 5.41) is 17.4. The van der Waals surface area contributed by atoms with Crippen LogP contribution >= 0.6 is 23.4 Å². The molecule has 5 rings (SSSR count). The number of nitrogens with zero attached hydrogens (tertiary/aromatic N) is 1. The molecule has 4 nitrogen and oxygen atoms in total. The van der Waals surface area contributed by atoms with E-state index in [1.54, 1.807) is 24.9 Å². The van der Waals surface area contributed by atoms with E-state index >= 15 is 0 Å². The minimum Gasteiger partial charge on any atom is -0.481 e. The third-order valence-electron chi connectivity index (χ3n) is 7.32. The van der Waals surface area contributed by atoms with Crippen LogP contribution in [0.5, 0.6) is 5.88 Å². The van der Waals surface area contributed by atoms with Gasteiger partial charge in [0.25, 0.3) is 0 Å². The van der Waals surface area contributed by atoms with Crippen molar-refractivity contribution in [3.8, 4) is 5.88 Å². The van der Waals surface area contributed by atoms with Crippen molar-refractivity contribution < 1.29 is 18.6 Å². The van der Waals surface area contributed by atoms with Crippen molar-refractivity contribution in [1.82, 2.24) is 10.3 Å². The van der Waals surface area contributed by atoms with E-state index < -0.39 is 23.2 Å². The largest absolute Gasteiger partial charge is 0.481 e. The molecule has 0 saturated carbocycles. The number of nitrogens with one attached hydrogen (secondary N) is 1. The van der Waals surface area contributed by atoms with E-state index in [-0.39, 0.29) is 6.04 Å². The van der Waals surface area contributed by atoms with Crippen LogP contribution < -0.4 is 10.1 Å². The molecule has 4 aromatic rings. The van der Waals surface area contributed by atoms with Crippen LogP contribution in [0, 0.1) is 11.6 Å². The number of aromatic nitrogens is 1. The number of hydrogen-bond acceptors (Lipinski definition) is 5. The highest BCUT2D eigenvalue weighted by Gasteiger charge is 2.44. The lowest BCUT2D eigenvalue weighted by molar-refractivity contribution is -0.0191. The van der Waals surface area contributed by atoms with E-state index in [0.29, 0.717) is 42.3 Å². The minimum atomic E-state index is -1.16. The molecule has 1 aliphatic heterocycles. The molecule has 0 aliphatic carbocycles. The Morgan fingerprint density at radius 3 is 2.61 bits per heavy atom. The fourth-order valence-corrected chi connectivity index (χ4v) is 6.11. The summed E-state index contributed by atoms with van der Waals surface area (Å²) in [6.07, 6.45) is 3.36. The quantitative estimate of drug-likeness (QED) is 0.247. The maximum absolute atomic E-state index is 13.9. The Morgan fingerprint density at radius 2 is 1.89 bits per heavy atom. The Bertz CT molecular complexity index is 1450. The third kappa shape index (κ3) is 5.52. The first kappa shape index (κ1) is 26.9. The molecule has 2 N–H and O–H groups in total. The van der Waals surface area contributed by atoms with Crippen molar-refractivity contribution in [3.63, 3.8) is 0 Å². The number of methoxy groups -OCH3 is 1. The normalized spacial score (nSPS) is 20.4. The maximum atomic E-state index is 13.9. The summed E-state index contributed by atoms with van der Waals surface area (Å²) in [4.78, 5) is 5.92. The molecule has 3 aromatic carbocycles. The zero-order valence-electron chi connectivity index (χ0n) is 21.2. The molecule has 1 fully saturated rings. The number of benzene rings is 3. The zero-order valence-corrected chi connectivity index (χ0v) is 22.8. The molecule has 1 aliphatic rings. The Balaban J connectivity index is 1.58. The standard InChI is InChI=1S/C30H29ClF2N2O2S/c1-37-29-24(16-20-15-23(38-2)8-10-27(20)35-29)28(19-4-6-21(31)7-5-19)30(36)11-12-34-22(17-30)13-18-3-9-25(32)26(33)14-18/h3-10,14-16,22,28,34,36H,11-13,17H2,1-2H3. The topological polar surface area (TPSA) is 54.4 Å². The summed E-state index contributed by atoms with van der Waals surface area (Å²) >= 11 is 7.88. The number of pyridine rings is 1. The summed E-state index contributed by atoms with van der Waals surface area (Å²) in [5.41, 5.74) is 2.00. The Kier molecular flexibility index (Phi) is 7.91. The van der Waals surface area contributed by atoms with Crippen molar-refractivity contribution in [3.05, 3.63) is 100 Å². The highest BCUT2D eigenvalue weighted by molar-refractivity contribution is 7.98. The van der Waals surface area contributed by atoms with Crippen molar-refractivity contribution in [1.29, 1.82) is 0 Å². The van der Waals surface area contributed by atoms with Crippen LogP contribution in [-0.2, 0) is 6.42 Å². The Morgan fingerprint density at radius 1 is 1.11 bits per heavy atom. The zero-order chi connectivity index (χ0) is 26.9. The van der Waals surface area contributed by atoms with Gasteiger partial charge in [-0.25, -0.2) is 13.8 Å². The molecule has 0 spiro atoms. The molecular formula is C30H29ClF2N2O2S. The molecule has 8 heteroatoms. The Labute approximate surface area is 230 Å². The lowest BCUT2D eigenvalue weighted by Crippen LogP contribution is -2.52. The van der Waals surface area contributed by atoms with Crippen LogP contribution in [0.1, 0.15) is 35.4 Å². The average molecular weight is 555 g/mol. The van der Waals surface area contributed by atoms with Crippen LogP contribution in [0.25, 0.3) is 10.9 Å². The predicted octanol–water partition coefficient (Wildman–Crippen LogP) is 6.75. The van der Waals surface area contributed by atoms with E-state index in [9.17, 15) is 13.9 Å². The second-order valence-electron chi connectivity index (χ2n) is 9.79. The molecular weight excluding hydrogens is 526 g/mol. The number of rotatable bonds is 7. The summed E-state index contributed by atoms with van der Waals surface area (Å²) in [7, 11) is 1.59. The summed E-state index contributed by atoms with van der Waals surface area (Å²) in [6.45, 7) is 0.564. The van der Waals surface area contributed by atoms with Crippen LogP contribution in [0.4, 0.5) is 8.78 Å². The van der Waals surface area contributed by atoms with Crippen LogP contribution in [0.3, 0.4) is 0 Å². The second-order valence-corrected chi connectivity index (χ2v) is 11.1. The van der Waals surface area contributed by atoms with E-state index in [0.717, 1.165) is 33.0 Å². The van der Waals surface area contributed by atoms with Gasteiger partial charge in [0.1, 0.15) is 0 Å². The number of aliphatic hydroxyl groups is 1. The number of thioether (sulfide) groups is 1. The first-order chi connectivity index (χ1) is 18.3. The van der Waals surface area contributed by atoms with Crippen molar-refractivity contribution >= 4 is 34.3 Å². The van der Waals surface area contributed by atoms with Gasteiger partial charge in [-0.3, -0.25) is 0 Å². The van der Waals surface area contributed by atoms with Gasteiger partial charge in [0.15, 0.2) is 11.6 Å². The first-order valence-electron chi connectivity index (χ1n) is 12.5. The van der Waals surface area contributed by atoms with Gasteiger partial charge in [0, 0.05) is 32.8 Å². The molecule has 0 amide bonds. The van der Waals surface area contributed by atoms with Gasteiger partial charge < -0.3 is 15.2 Å². The molecule has 1 saturated heterocycles. The molecule has 1 aromatic heterocycles. The number of ether oxygens (including phenoxy) is 1. The smallest absolute Gasteiger partial charge is 0.217 e. The van der Waals surface area contributed by atoms with Gasteiger partial charge in [-0.15, -0.1) is 11.8 Å². The van der Waals surface area contributed by atoms with Crippen molar-refractivity contribution in [2.45, 2.75) is 41.7 Å². The second kappa shape index (κ2) is 11.2. The average Bonchev–Trinajstić information content (AvgIpc) is 2.91. The van der Waals surface area contributed by atoms with Crippen LogP contribution in [-0.4, -0.2) is 41.6 Å². The Hall–Kier alpha value is -2.71. The van der Waals surface area contributed by atoms with E-state index in [1.807, 2.05) is 42.7 Å². The lowest BCUT2D eigenvalue weighted by atomic mass is 9.70. The fraction of sp³-hybridized carbons (Fsp3) is 0.300. The van der Waals surface area contributed by atoms with Gasteiger partial charge >= 0.3 is 0 Å². The highest BCUT2D eigenvalue weighted by Crippen LogP contribution is 2.45. The fourth-order valence-electron chi connectivity index (χ4n) is 5.54. The number of fused-ring (bicyclic) bond motifs is 1. The third-order valence-corrected chi connectivity index (χ3v) is 8.29. The van der Waals surface area contributed by atoms with E-state index in [2.05, 4.69) is 17.4 Å². The number of halogens is 3. The first-order valence-corrected chi connectivity index (χ1v) is 14.1. The molecule has 3 atom stereocenters. The minimum absolute atomic E-state index is 0.143. The van der Waals surface area contributed by atoms with Crippen LogP contribution in [0.15, 0.2) is 71.6 Å². The molecule has 0 radical (unpaired) electrons. The van der Waals surface area contributed by atoms with Gasteiger partial charge in [-0.1, -0.05) is 29.8 Å². The summed E-state index contributed by atoms with van der Waals surface area (Å²) < 4.78 is 33.1. The van der Waals surface area contributed by atoms with Crippen molar-refractivity contribution in [2.75, 3.05) is 19.9 Å². The van der Waals surface area contributed by atoms with Gasteiger partial charge in [-0.05, 0) is 91.7 Å².